The SMILES string of the molecule is Cc1ccc(S(=O)(=O)N(CC(=O)N[C@H](C)c2cc(C)c(C)cc2C)Cc2ccc(F)cc2)cc1. The van der Waals surface area contributed by atoms with Crippen LogP contribution in [-0.2, 0) is 21.4 Å². The standard InChI is InChI=1S/C27H31FN2O3S/c1-18-6-12-25(13-7-18)34(32,33)30(16-23-8-10-24(28)11-9-23)17-27(31)29-22(5)26-15-20(3)19(2)14-21(26)4/h6-15,22H,16-17H2,1-5H3,(H,29,31)/t22-/m1/s1. The highest BCUT2D eigenvalue weighted by Gasteiger charge is 2.27. The minimum atomic E-state index is -3.96. The first-order chi connectivity index (χ1) is 16.0. The van der Waals surface area contributed by atoms with Crippen LogP contribution in [0.15, 0.2) is 65.6 Å². The summed E-state index contributed by atoms with van der Waals surface area (Å²) in [5.41, 5.74) is 5.87. The number of nitrogens with one attached hydrogen (secondary N) is 1. The summed E-state index contributed by atoms with van der Waals surface area (Å²) in [5, 5.41) is 2.94. The molecular formula is C27H31FN2O3S. The number of benzene rings is 3. The van der Waals surface area contributed by atoms with E-state index >= 15 is 0 Å². The minimum Gasteiger partial charge on any atom is -0.348 e. The zero-order valence-corrected chi connectivity index (χ0v) is 21.0. The Labute approximate surface area is 201 Å². The van der Waals surface area contributed by atoms with Gasteiger partial charge in [-0.25, -0.2) is 12.8 Å². The molecule has 0 aromatic heterocycles. The van der Waals surface area contributed by atoms with Gasteiger partial charge in [-0.2, -0.15) is 4.31 Å². The van der Waals surface area contributed by atoms with Crippen LogP contribution < -0.4 is 5.32 Å². The van der Waals surface area contributed by atoms with Crippen LogP contribution in [-0.4, -0.2) is 25.2 Å². The van der Waals surface area contributed by atoms with Crippen molar-refractivity contribution in [2.45, 2.75) is 52.1 Å². The normalized spacial score (nSPS) is 12.6. The van der Waals surface area contributed by atoms with Crippen LogP contribution in [0.25, 0.3) is 0 Å². The summed E-state index contributed by atoms with van der Waals surface area (Å²) >= 11 is 0. The molecule has 0 radical (unpaired) electrons. The van der Waals surface area contributed by atoms with Gasteiger partial charge in [0.05, 0.1) is 17.5 Å². The molecule has 3 aromatic rings. The maximum Gasteiger partial charge on any atom is 0.243 e. The number of hydrogen-bond donors (Lipinski definition) is 1. The van der Waals surface area contributed by atoms with E-state index in [0.29, 0.717) is 5.56 Å². The van der Waals surface area contributed by atoms with E-state index in [1.54, 1.807) is 12.1 Å². The average molecular weight is 483 g/mol. The van der Waals surface area contributed by atoms with E-state index in [-0.39, 0.29) is 24.0 Å². The predicted octanol–water partition coefficient (Wildman–Crippen LogP) is 5.13. The van der Waals surface area contributed by atoms with Crippen molar-refractivity contribution in [1.82, 2.24) is 9.62 Å². The molecule has 0 saturated heterocycles. The first-order valence-corrected chi connectivity index (χ1v) is 12.6. The van der Waals surface area contributed by atoms with Gasteiger partial charge < -0.3 is 5.32 Å². The molecule has 5 nitrogen and oxygen atoms in total. The largest absolute Gasteiger partial charge is 0.348 e. The number of carbonyl (C=O) groups excluding carboxylic acids is 1. The molecule has 1 atom stereocenters. The highest BCUT2D eigenvalue weighted by molar-refractivity contribution is 7.89. The summed E-state index contributed by atoms with van der Waals surface area (Å²) in [6.07, 6.45) is 0. The van der Waals surface area contributed by atoms with Crippen molar-refractivity contribution >= 4 is 15.9 Å². The van der Waals surface area contributed by atoms with Gasteiger partial charge in [-0.05, 0) is 86.7 Å². The number of hydrogen-bond acceptors (Lipinski definition) is 3. The molecule has 0 fully saturated rings. The van der Waals surface area contributed by atoms with Crippen LogP contribution in [0, 0.1) is 33.5 Å². The fraction of sp³-hybridized carbons (Fsp3) is 0.296. The molecule has 0 saturated carbocycles. The first kappa shape index (κ1) is 25.6. The Morgan fingerprint density at radius 3 is 2.12 bits per heavy atom. The number of carbonyl (C=O) groups is 1. The number of rotatable bonds is 8. The number of nitrogens with zero attached hydrogens (tertiary/aromatic N) is 1. The van der Waals surface area contributed by atoms with Crippen molar-refractivity contribution in [3.63, 3.8) is 0 Å². The predicted molar refractivity (Wildman–Crippen MR) is 132 cm³/mol. The van der Waals surface area contributed by atoms with Crippen molar-refractivity contribution in [2.24, 2.45) is 0 Å². The van der Waals surface area contributed by atoms with Gasteiger partial charge in [0.15, 0.2) is 0 Å². The maximum absolute atomic E-state index is 13.4. The van der Waals surface area contributed by atoms with Gasteiger partial charge in [-0.1, -0.05) is 42.0 Å². The Morgan fingerprint density at radius 1 is 0.912 bits per heavy atom. The lowest BCUT2D eigenvalue weighted by Gasteiger charge is -2.24. The zero-order chi connectivity index (χ0) is 25.0. The second kappa shape index (κ2) is 10.5. The number of aryl methyl sites for hydroxylation is 4. The van der Waals surface area contributed by atoms with Crippen LogP contribution >= 0.6 is 0 Å². The quantitative estimate of drug-likeness (QED) is 0.484. The van der Waals surface area contributed by atoms with Crippen LogP contribution in [0.2, 0.25) is 0 Å². The van der Waals surface area contributed by atoms with Crippen LogP contribution in [0.4, 0.5) is 4.39 Å². The third kappa shape index (κ3) is 6.10. The van der Waals surface area contributed by atoms with Crippen molar-refractivity contribution in [2.75, 3.05) is 6.54 Å². The number of amides is 1. The van der Waals surface area contributed by atoms with E-state index in [1.165, 1.54) is 42.0 Å². The summed E-state index contributed by atoms with van der Waals surface area (Å²) < 4.78 is 41.3. The molecule has 0 unspecified atom stereocenters. The molecular weight excluding hydrogens is 451 g/mol. The van der Waals surface area contributed by atoms with E-state index in [1.807, 2.05) is 34.6 Å². The summed E-state index contributed by atoms with van der Waals surface area (Å²) in [6.45, 7) is 9.39. The van der Waals surface area contributed by atoms with Crippen molar-refractivity contribution < 1.29 is 17.6 Å². The lowest BCUT2D eigenvalue weighted by atomic mass is 9.96. The molecule has 3 rings (SSSR count). The van der Waals surface area contributed by atoms with E-state index < -0.39 is 21.7 Å². The van der Waals surface area contributed by atoms with Crippen molar-refractivity contribution in [3.05, 3.63) is 99.9 Å². The molecule has 7 heteroatoms. The van der Waals surface area contributed by atoms with E-state index in [4.69, 9.17) is 0 Å². The number of halogens is 1. The van der Waals surface area contributed by atoms with Gasteiger partial charge in [0, 0.05) is 6.54 Å². The molecule has 0 aliphatic rings. The van der Waals surface area contributed by atoms with Crippen LogP contribution in [0.1, 0.15) is 46.3 Å². The van der Waals surface area contributed by atoms with Gasteiger partial charge in [0.1, 0.15) is 5.82 Å². The molecule has 0 aliphatic carbocycles. The second-order valence-corrected chi connectivity index (χ2v) is 10.7. The highest BCUT2D eigenvalue weighted by atomic mass is 32.2. The van der Waals surface area contributed by atoms with Gasteiger partial charge in [-0.3, -0.25) is 4.79 Å². The monoisotopic (exact) mass is 482 g/mol. The molecule has 34 heavy (non-hydrogen) atoms. The molecule has 180 valence electrons. The third-order valence-corrected chi connectivity index (χ3v) is 7.78. The lowest BCUT2D eigenvalue weighted by molar-refractivity contribution is -0.122. The Kier molecular flexibility index (Phi) is 7.89. The zero-order valence-electron chi connectivity index (χ0n) is 20.2. The molecule has 0 aliphatic heterocycles. The first-order valence-electron chi connectivity index (χ1n) is 11.2. The van der Waals surface area contributed by atoms with Crippen LogP contribution in [0.3, 0.4) is 0 Å². The van der Waals surface area contributed by atoms with Crippen LogP contribution in [0.5, 0.6) is 0 Å². The van der Waals surface area contributed by atoms with Gasteiger partial charge in [0.25, 0.3) is 0 Å². The topological polar surface area (TPSA) is 66.5 Å². The second-order valence-electron chi connectivity index (χ2n) is 8.79. The van der Waals surface area contributed by atoms with Gasteiger partial charge in [0.2, 0.25) is 15.9 Å². The molecule has 1 N–H and O–H groups in total. The summed E-state index contributed by atoms with van der Waals surface area (Å²) in [6, 6.07) is 15.9. The van der Waals surface area contributed by atoms with E-state index in [9.17, 15) is 17.6 Å². The van der Waals surface area contributed by atoms with Crippen molar-refractivity contribution in [3.8, 4) is 0 Å². The highest BCUT2D eigenvalue weighted by Crippen LogP contribution is 2.23. The average Bonchev–Trinajstić information content (AvgIpc) is 2.77. The maximum atomic E-state index is 13.4. The fourth-order valence-electron chi connectivity index (χ4n) is 3.85. The molecule has 1 amide bonds. The minimum absolute atomic E-state index is 0.0546. The van der Waals surface area contributed by atoms with Crippen molar-refractivity contribution in [1.29, 1.82) is 0 Å². The number of sulfonamides is 1. The van der Waals surface area contributed by atoms with E-state index in [0.717, 1.165) is 26.6 Å². The Bertz CT molecular complexity index is 1270. The fourth-order valence-corrected chi connectivity index (χ4v) is 5.24. The summed E-state index contributed by atoms with van der Waals surface area (Å²) in [7, 11) is -3.96. The Hall–Kier alpha value is -3.03. The molecule has 3 aromatic carbocycles. The third-order valence-electron chi connectivity index (χ3n) is 5.98. The lowest BCUT2D eigenvalue weighted by Crippen LogP contribution is -2.41. The molecule has 0 spiro atoms. The molecule has 0 bridgehead atoms. The smallest absolute Gasteiger partial charge is 0.243 e. The summed E-state index contributed by atoms with van der Waals surface area (Å²) in [5.74, 6) is -0.824. The Morgan fingerprint density at radius 2 is 1.50 bits per heavy atom. The summed E-state index contributed by atoms with van der Waals surface area (Å²) in [4.78, 5) is 13.1. The Balaban J connectivity index is 1.85. The molecule has 0 heterocycles. The van der Waals surface area contributed by atoms with Gasteiger partial charge >= 0.3 is 0 Å². The van der Waals surface area contributed by atoms with Gasteiger partial charge in [-0.15, -0.1) is 0 Å². The van der Waals surface area contributed by atoms with E-state index in [2.05, 4.69) is 17.4 Å².